The summed E-state index contributed by atoms with van der Waals surface area (Å²) >= 11 is 0. The molecule has 1 aliphatic heterocycles. The summed E-state index contributed by atoms with van der Waals surface area (Å²) in [5.41, 5.74) is 1.12. The third-order valence-electron chi connectivity index (χ3n) is 2.06. The van der Waals surface area contributed by atoms with E-state index in [4.69, 9.17) is 14.3 Å². The Balaban J connectivity index is 2.41. The van der Waals surface area contributed by atoms with Crippen molar-refractivity contribution in [2.75, 3.05) is 13.9 Å². The first-order chi connectivity index (χ1) is 7.83. The number of hydrogen-bond donors (Lipinski definition) is 1. The topological polar surface area (TPSA) is 60.3 Å². The van der Waals surface area contributed by atoms with E-state index >= 15 is 0 Å². The van der Waals surface area contributed by atoms with Crippen molar-refractivity contribution in [2.24, 2.45) is 5.16 Å². The minimum Gasteiger partial charge on any atom is -0.507 e. The number of benzene rings is 1. The predicted octanol–water partition coefficient (Wildman–Crippen LogP) is 1.70. The number of methoxy groups -OCH3 is 1. The van der Waals surface area contributed by atoms with Gasteiger partial charge in [0.2, 0.25) is 0 Å². The monoisotopic (exact) mass is 221 g/mol. The van der Waals surface area contributed by atoms with Crippen molar-refractivity contribution in [1.29, 1.82) is 0 Å². The summed E-state index contributed by atoms with van der Waals surface area (Å²) in [7, 11) is 1.51. The first-order valence-electron chi connectivity index (χ1n) is 4.67. The van der Waals surface area contributed by atoms with E-state index in [1.54, 1.807) is 24.3 Å². The van der Waals surface area contributed by atoms with Crippen LogP contribution in [0.3, 0.4) is 0 Å². The highest BCUT2D eigenvalue weighted by Gasteiger charge is 2.19. The first-order valence-corrected chi connectivity index (χ1v) is 4.67. The van der Waals surface area contributed by atoms with Gasteiger partial charge in [-0.3, -0.25) is 0 Å². The van der Waals surface area contributed by atoms with Crippen molar-refractivity contribution in [3.05, 3.63) is 36.1 Å². The average Bonchev–Trinajstić information content (AvgIpc) is 2.80. The summed E-state index contributed by atoms with van der Waals surface area (Å²) in [5.74, 6) is 0.423. The summed E-state index contributed by atoms with van der Waals surface area (Å²) < 4.78 is 10.1. The van der Waals surface area contributed by atoms with Crippen LogP contribution in [0.4, 0.5) is 0 Å². The standard InChI is InChI=1S/C11H11NO4/c1-14-6-9(11-12-16-7-15-11)8-4-2-3-5-10(8)13/h2-6,13H,7H2,1H3/b9-6+. The molecular formula is C11H11NO4. The Kier molecular flexibility index (Phi) is 2.95. The molecule has 0 aromatic heterocycles. The number of phenols is 1. The maximum Gasteiger partial charge on any atom is 0.264 e. The van der Waals surface area contributed by atoms with Crippen molar-refractivity contribution < 1.29 is 19.4 Å². The highest BCUT2D eigenvalue weighted by Crippen LogP contribution is 2.27. The van der Waals surface area contributed by atoms with Gasteiger partial charge in [0.1, 0.15) is 5.75 Å². The molecule has 0 unspecified atom stereocenters. The summed E-state index contributed by atoms with van der Waals surface area (Å²) in [6, 6.07) is 6.85. The van der Waals surface area contributed by atoms with Crippen LogP contribution in [0.15, 0.2) is 35.7 Å². The average molecular weight is 221 g/mol. The molecule has 0 atom stereocenters. The molecule has 0 aliphatic carbocycles. The molecule has 1 aromatic carbocycles. The van der Waals surface area contributed by atoms with E-state index in [1.807, 2.05) is 0 Å². The number of aromatic hydroxyl groups is 1. The van der Waals surface area contributed by atoms with Gasteiger partial charge in [-0.05, 0) is 11.2 Å². The van der Waals surface area contributed by atoms with Gasteiger partial charge >= 0.3 is 0 Å². The van der Waals surface area contributed by atoms with Gasteiger partial charge in [-0.2, -0.15) is 0 Å². The van der Waals surface area contributed by atoms with E-state index in [-0.39, 0.29) is 12.5 Å². The largest absolute Gasteiger partial charge is 0.507 e. The van der Waals surface area contributed by atoms with Crippen LogP contribution in [0.5, 0.6) is 5.75 Å². The Hall–Kier alpha value is -2.17. The number of para-hydroxylation sites is 1. The summed E-state index contributed by atoms with van der Waals surface area (Å²) in [5, 5.41) is 13.4. The van der Waals surface area contributed by atoms with Gasteiger partial charge in [0, 0.05) is 5.56 Å². The molecule has 0 amide bonds. The maximum absolute atomic E-state index is 9.72. The predicted molar refractivity (Wildman–Crippen MR) is 57.6 cm³/mol. The van der Waals surface area contributed by atoms with Gasteiger partial charge in [-0.25, -0.2) is 0 Å². The fourth-order valence-electron chi connectivity index (χ4n) is 1.37. The fourth-order valence-corrected chi connectivity index (χ4v) is 1.37. The molecule has 1 aliphatic rings. The molecule has 1 aromatic rings. The Labute approximate surface area is 92.5 Å². The molecule has 1 N–H and O–H groups in total. The molecule has 0 spiro atoms. The van der Waals surface area contributed by atoms with Gasteiger partial charge in [-0.1, -0.05) is 18.2 Å². The van der Waals surface area contributed by atoms with Gasteiger partial charge < -0.3 is 19.4 Å². The van der Waals surface area contributed by atoms with Gasteiger partial charge in [0.25, 0.3) is 12.7 Å². The lowest BCUT2D eigenvalue weighted by atomic mass is 10.1. The highest BCUT2D eigenvalue weighted by molar-refractivity contribution is 6.20. The van der Waals surface area contributed by atoms with Gasteiger partial charge in [0.05, 0.1) is 18.9 Å². The molecule has 2 rings (SSSR count). The third-order valence-corrected chi connectivity index (χ3v) is 2.06. The normalized spacial score (nSPS) is 15.1. The van der Waals surface area contributed by atoms with Crippen molar-refractivity contribution in [3.8, 4) is 5.75 Å². The zero-order chi connectivity index (χ0) is 11.4. The molecule has 1 heterocycles. The van der Waals surface area contributed by atoms with Crippen molar-refractivity contribution in [3.63, 3.8) is 0 Å². The lowest BCUT2D eigenvalue weighted by molar-refractivity contribution is 0.0585. The number of oxime groups is 1. The van der Waals surface area contributed by atoms with Gasteiger partial charge in [0.15, 0.2) is 0 Å². The number of hydrogen-bond acceptors (Lipinski definition) is 5. The summed E-state index contributed by atoms with van der Waals surface area (Å²) in [6.45, 7) is 0.0734. The number of nitrogens with zero attached hydrogens (tertiary/aromatic N) is 1. The summed E-state index contributed by atoms with van der Waals surface area (Å²) in [4.78, 5) is 4.73. The minimum atomic E-state index is 0.0734. The molecule has 84 valence electrons. The molecule has 0 bridgehead atoms. The number of ether oxygens (including phenoxy) is 2. The van der Waals surface area contributed by atoms with Crippen LogP contribution >= 0.6 is 0 Å². The van der Waals surface area contributed by atoms with Crippen LogP contribution in [-0.4, -0.2) is 24.9 Å². The van der Waals surface area contributed by atoms with Crippen molar-refractivity contribution in [2.45, 2.75) is 0 Å². The van der Waals surface area contributed by atoms with E-state index in [0.29, 0.717) is 17.0 Å². The van der Waals surface area contributed by atoms with Crippen LogP contribution < -0.4 is 0 Å². The van der Waals surface area contributed by atoms with Gasteiger partial charge in [-0.15, -0.1) is 0 Å². The number of rotatable bonds is 3. The van der Waals surface area contributed by atoms with E-state index < -0.39 is 0 Å². The van der Waals surface area contributed by atoms with E-state index in [1.165, 1.54) is 13.4 Å². The Morgan fingerprint density at radius 3 is 2.94 bits per heavy atom. The quantitative estimate of drug-likeness (QED) is 0.789. The Bertz CT molecular complexity index is 439. The first kappa shape index (κ1) is 10.4. The molecule has 0 fully saturated rings. The maximum atomic E-state index is 9.72. The molecule has 5 heteroatoms. The second-order valence-corrected chi connectivity index (χ2v) is 3.07. The highest BCUT2D eigenvalue weighted by atomic mass is 16.8. The molecule has 5 nitrogen and oxygen atoms in total. The molecule has 16 heavy (non-hydrogen) atoms. The SMILES string of the molecule is CO/C=C(/C1=NOCO1)c1ccccc1O. The number of phenolic OH excluding ortho intramolecular Hbond substituents is 1. The zero-order valence-corrected chi connectivity index (χ0v) is 8.71. The molecule has 0 saturated heterocycles. The third kappa shape index (κ3) is 1.93. The Morgan fingerprint density at radius 1 is 1.50 bits per heavy atom. The lowest BCUT2D eigenvalue weighted by Crippen LogP contribution is -2.03. The van der Waals surface area contributed by atoms with Crippen molar-refractivity contribution >= 4 is 11.5 Å². The Morgan fingerprint density at radius 2 is 2.31 bits per heavy atom. The minimum absolute atomic E-state index is 0.0734. The zero-order valence-electron chi connectivity index (χ0n) is 8.71. The second-order valence-electron chi connectivity index (χ2n) is 3.07. The van der Waals surface area contributed by atoms with Crippen LogP contribution in [0.1, 0.15) is 5.56 Å². The van der Waals surface area contributed by atoms with Crippen LogP contribution in [-0.2, 0) is 14.3 Å². The van der Waals surface area contributed by atoms with E-state index in [9.17, 15) is 5.11 Å². The van der Waals surface area contributed by atoms with Crippen LogP contribution in [0.25, 0.3) is 5.57 Å². The fraction of sp³-hybridized carbons (Fsp3) is 0.182. The van der Waals surface area contributed by atoms with E-state index in [2.05, 4.69) is 5.16 Å². The molecule has 0 saturated carbocycles. The summed E-state index contributed by atoms with van der Waals surface area (Å²) in [6.07, 6.45) is 1.45. The molecular weight excluding hydrogens is 210 g/mol. The molecule has 0 radical (unpaired) electrons. The van der Waals surface area contributed by atoms with E-state index in [0.717, 1.165) is 0 Å². The van der Waals surface area contributed by atoms with Crippen molar-refractivity contribution in [1.82, 2.24) is 0 Å². The lowest BCUT2D eigenvalue weighted by Gasteiger charge is -2.07. The smallest absolute Gasteiger partial charge is 0.264 e. The van der Waals surface area contributed by atoms with Crippen LogP contribution in [0, 0.1) is 0 Å². The second kappa shape index (κ2) is 4.57. The van der Waals surface area contributed by atoms with Crippen LogP contribution in [0.2, 0.25) is 0 Å².